The van der Waals surface area contributed by atoms with Gasteiger partial charge in [-0.05, 0) is 102 Å². The predicted molar refractivity (Wildman–Crippen MR) is 201 cm³/mol. The summed E-state index contributed by atoms with van der Waals surface area (Å²) in [5.74, 6) is 0.228. The fourth-order valence-corrected chi connectivity index (χ4v) is 10.9. The van der Waals surface area contributed by atoms with E-state index in [1.54, 1.807) is 34.0 Å². The third kappa shape index (κ3) is 6.33. The van der Waals surface area contributed by atoms with Gasteiger partial charge in [-0.2, -0.15) is 10.5 Å². The molecule has 3 aliphatic rings. The molecule has 11 heteroatoms. The summed E-state index contributed by atoms with van der Waals surface area (Å²) < 4.78 is 12.1. The number of halogens is 3. The van der Waals surface area contributed by atoms with Crippen molar-refractivity contribution in [2.75, 3.05) is 13.2 Å². The van der Waals surface area contributed by atoms with Crippen LogP contribution in [0.15, 0.2) is 86.2 Å². The van der Waals surface area contributed by atoms with Gasteiger partial charge in [0.2, 0.25) is 0 Å². The van der Waals surface area contributed by atoms with E-state index in [0.29, 0.717) is 13.0 Å². The molecule has 3 aromatic heterocycles. The van der Waals surface area contributed by atoms with Gasteiger partial charge in [-0.1, -0.05) is 47.8 Å². The lowest BCUT2D eigenvalue weighted by Crippen LogP contribution is -2.08. The van der Waals surface area contributed by atoms with Crippen LogP contribution in [0.25, 0.3) is 30.3 Å². The van der Waals surface area contributed by atoms with E-state index in [1.807, 2.05) is 12.1 Å². The van der Waals surface area contributed by atoms with E-state index < -0.39 is 5.41 Å². The number of carbonyl (C=O) groups excluding carboxylic acids is 1. The number of cyclic esters (lactones) is 1. The predicted octanol–water partition coefficient (Wildman–Crippen LogP) is 10.6. The highest BCUT2D eigenvalue weighted by Gasteiger charge is 2.66. The summed E-state index contributed by atoms with van der Waals surface area (Å²) in [5, 5.41) is 30.7. The molecule has 47 heavy (non-hydrogen) atoms. The molecule has 6 aromatic rings. The Hall–Kier alpha value is -2.61. The van der Waals surface area contributed by atoms with E-state index in [4.69, 9.17) is 10.00 Å². The maximum atomic E-state index is 11.4. The van der Waals surface area contributed by atoms with Gasteiger partial charge < -0.3 is 9.84 Å². The monoisotopic (exact) mass is 866 g/mol. The Kier molecular flexibility index (Phi) is 9.12. The summed E-state index contributed by atoms with van der Waals surface area (Å²) >= 11 is 15.5. The van der Waals surface area contributed by atoms with Crippen LogP contribution in [-0.4, -0.2) is 24.3 Å². The van der Waals surface area contributed by atoms with Crippen molar-refractivity contribution in [2.24, 2.45) is 11.8 Å². The number of hydrogen-bond donors (Lipinski definition) is 1. The second kappa shape index (κ2) is 13.0. The first-order valence-corrected chi connectivity index (χ1v) is 19.6. The van der Waals surface area contributed by atoms with Crippen molar-refractivity contribution in [3.63, 3.8) is 0 Å². The van der Waals surface area contributed by atoms with Crippen LogP contribution in [0.2, 0.25) is 0 Å². The minimum absolute atomic E-state index is 0.0105. The maximum absolute atomic E-state index is 11.4. The standard InChI is InChI=1S/C13H10BrNOS.C13H9BrO2S.C10H6BrNS/c14-10-1-2-11-8(3-10)4-12(17-11)13(7-15)5-9(13)6-16;14-8-1-2-10-7(3-8)4-11(17-10)13-5-9(13)12(15)16-6-13;11-8-1-2-10-7(5-8)6-9(13-10)3-4-12/h1-4,9,16H,5-6H2;1-4,9H,5-6H2;1-2,5-6H,3H2. The smallest absolute Gasteiger partial charge is 0.310 e. The van der Waals surface area contributed by atoms with Gasteiger partial charge in [-0.3, -0.25) is 4.79 Å². The van der Waals surface area contributed by atoms with E-state index >= 15 is 0 Å². The number of carbonyl (C=O) groups is 1. The molecule has 1 N–H and O–H groups in total. The molecule has 0 radical (unpaired) electrons. The van der Waals surface area contributed by atoms with E-state index in [2.05, 4.69) is 121 Å². The topological polar surface area (TPSA) is 94.1 Å². The summed E-state index contributed by atoms with van der Waals surface area (Å²) in [4.78, 5) is 15.0. The van der Waals surface area contributed by atoms with Crippen molar-refractivity contribution in [1.29, 1.82) is 10.5 Å². The quantitative estimate of drug-likeness (QED) is 0.178. The lowest BCUT2D eigenvalue weighted by molar-refractivity contribution is -0.141. The molecule has 5 nitrogen and oxygen atoms in total. The molecule has 1 aliphatic heterocycles. The number of fused-ring (bicyclic) bond motifs is 4. The van der Waals surface area contributed by atoms with Gasteiger partial charge in [0.1, 0.15) is 6.61 Å². The minimum Gasteiger partial charge on any atom is -0.464 e. The van der Waals surface area contributed by atoms with E-state index in [-0.39, 0.29) is 29.8 Å². The van der Waals surface area contributed by atoms with Crippen LogP contribution >= 0.6 is 81.8 Å². The van der Waals surface area contributed by atoms with Crippen LogP contribution in [0.5, 0.6) is 0 Å². The molecule has 9 rings (SSSR count). The first kappa shape index (κ1) is 32.9. The highest BCUT2D eigenvalue weighted by Crippen LogP contribution is 2.61. The number of aliphatic hydroxyl groups excluding tert-OH is 1. The van der Waals surface area contributed by atoms with Crippen molar-refractivity contribution in [3.8, 4) is 12.1 Å². The number of nitrogens with zero attached hydrogens (tertiary/aromatic N) is 2. The van der Waals surface area contributed by atoms with Crippen LogP contribution in [0.1, 0.15) is 27.5 Å². The molecule has 236 valence electrons. The average molecular weight is 870 g/mol. The molecule has 1 saturated heterocycles. The molecule has 3 fully saturated rings. The van der Waals surface area contributed by atoms with Gasteiger partial charge in [-0.15, -0.1) is 34.0 Å². The molecule has 4 heterocycles. The summed E-state index contributed by atoms with van der Waals surface area (Å²) in [6.45, 7) is 0.677. The van der Waals surface area contributed by atoms with Gasteiger partial charge in [0.05, 0.1) is 35.3 Å². The molecule has 2 saturated carbocycles. The lowest BCUT2D eigenvalue weighted by Gasteiger charge is -2.05. The van der Waals surface area contributed by atoms with Gasteiger partial charge in [-0.25, -0.2) is 0 Å². The number of benzene rings is 3. The highest BCUT2D eigenvalue weighted by atomic mass is 79.9. The first-order valence-electron chi connectivity index (χ1n) is 14.8. The molecule has 4 unspecified atom stereocenters. The zero-order chi connectivity index (χ0) is 32.9. The Morgan fingerprint density at radius 1 is 0.787 bits per heavy atom. The Balaban J connectivity index is 0.000000113. The summed E-state index contributed by atoms with van der Waals surface area (Å²) in [5.41, 5.74) is -0.405. The largest absolute Gasteiger partial charge is 0.464 e. The van der Waals surface area contributed by atoms with Crippen molar-refractivity contribution in [3.05, 3.63) is 101 Å². The van der Waals surface area contributed by atoms with Crippen LogP contribution in [0.3, 0.4) is 0 Å². The molecule has 0 amide bonds. The first-order chi connectivity index (χ1) is 22.7. The second-order valence-electron chi connectivity index (χ2n) is 12.0. The average Bonchev–Trinajstić information content (AvgIpc) is 3.67. The molecule has 3 aromatic carbocycles. The minimum atomic E-state index is -0.426. The van der Waals surface area contributed by atoms with E-state index in [9.17, 15) is 15.2 Å². The summed E-state index contributed by atoms with van der Waals surface area (Å²) in [6.07, 6.45) is 2.27. The second-order valence-corrected chi connectivity index (χ2v) is 18.1. The number of ether oxygens (including phenoxy) is 1. The maximum Gasteiger partial charge on any atom is 0.310 e. The number of rotatable bonds is 4. The number of thiophene rings is 3. The SMILES string of the molecule is N#CC1(c2cc3cc(Br)ccc3s2)CC1CO.N#CCc1cc2cc(Br)ccc2s1.O=C1OCC2(c3cc4cc(Br)ccc4s3)CC12. The molecule has 0 spiro atoms. The van der Waals surface area contributed by atoms with E-state index in [1.165, 1.54) is 29.7 Å². The summed E-state index contributed by atoms with van der Waals surface area (Å²) in [6, 6.07) is 29.5. The van der Waals surface area contributed by atoms with Gasteiger partial charge in [0.15, 0.2) is 0 Å². The Labute approximate surface area is 308 Å². The molecule has 0 bridgehead atoms. The van der Waals surface area contributed by atoms with E-state index in [0.717, 1.165) is 41.4 Å². The molecule has 4 atom stereocenters. The number of hydrogen-bond acceptors (Lipinski definition) is 8. The fraction of sp³-hybridized carbons (Fsp3) is 0.250. The van der Waals surface area contributed by atoms with Crippen LogP contribution in [0.4, 0.5) is 0 Å². The number of aliphatic hydroxyl groups is 1. The third-order valence-electron chi connectivity index (χ3n) is 9.03. The Morgan fingerprint density at radius 3 is 1.83 bits per heavy atom. The van der Waals surface area contributed by atoms with Gasteiger partial charge in [0.25, 0.3) is 0 Å². The lowest BCUT2D eigenvalue weighted by atomic mass is 10.0. The zero-order valence-electron chi connectivity index (χ0n) is 24.6. The molecular weight excluding hydrogens is 844 g/mol. The summed E-state index contributed by atoms with van der Waals surface area (Å²) in [7, 11) is 0. The fourth-order valence-electron chi connectivity index (χ4n) is 6.19. The van der Waals surface area contributed by atoms with Crippen LogP contribution in [-0.2, 0) is 26.8 Å². The zero-order valence-corrected chi connectivity index (χ0v) is 31.8. The normalized spacial score (nSPS) is 23.6. The molecular formula is C36H25Br3N2O3S3. The van der Waals surface area contributed by atoms with Crippen LogP contribution in [0, 0.1) is 34.5 Å². The van der Waals surface area contributed by atoms with Gasteiger partial charge in [0, 0.05) is 54.7 Å². The van der Waals surface area contributed by atoms with Crippen molar-refractivity contribution >= 4 is 118 Å². The molecule has 2 aliphatic carbocycles. The highest BCUT2D eigenvalue weighted by molar-refractivity contribution is 9.11. The Morgan fingerprint density at radius 2 is 1.34 bits per heavy atom. The van der Waals surface area contributed by atoms with Crippen LogP contribution < -0.4 is 0 Å². The Bertz CT molecular complexity index is 2260. The number of nitriles is 2. The third-order valence-corrected chi connectivity index (χ3v) is 14.3. The number of esters is 1. The van der Waals surface area contributed by atoms with Crippen molar-refractivity contribution in [2.45, 2.75) is 30.1 Å². The van der Waals surface area contributed by atoms with Crippen molar-refractivity contribution in [1.82, 2.24) is 0 Å². The van der Waals surface area contributed by atoms with Crippen molar-refractivity contribution < 1.29 is 14.6 Å². The van der Waals surface area contributed by atoms with Gasteiger partial charge >= 0.3 is 5.97 Å².